The van der Waals surface area contributed by atoms with Crippen LogP contribution in [0, 0.1) is 5.92 Å². The maximum atomic E-state index is 11.9. The first-order chi connectivity index (χ1) is 9.27. The molecule has 2 heterocycles. The summed E-state index contributed by atoms with van der Waals surface area (Å²) in [7, 11) is 0. The molecule has 3 rings (SSSR count). The van der Waals surface area contributed by atoms with Gasteiger partial charge >= 0.3 is 6.03 Å². The number of pyridine rings is 1. The lowest BCUT2D eigenvalue weighted by atomic mass is 9.75. The maximum absolute atomic E-state index is 11.9. The van der Waals surface area contributed by atoms with Crippen molar-refractivity contribution in [3.05, 3.63) is 30.1 Å². The van der Waals surface area contributed by atoms with Gasteiger partial charge in [-0.1, -0.05) is 18.9 Å². The van der Waals surface area contributed by atoms with E-state index in [1.54, 1.807) is 6.20 Å². The molecule has 1 saturated heterocycles. The highest BCUT2D eigenvalue weighted by atomic mass is 16.2. The van der Waals surface area contributed by atoms with Crippen LogP contribution in [0.4, 0.5) is 4.79 Å². The molecule has 0 bridgehead atoms. The van der Waals surface area contributed by atoms with Gasteiger partial charge in [0.2, 0.25) is 0 Å². The molecule has 2 N–H and O–H groups in total. The predicted molar refractivity (Wildman–Crippen MR) is 73.4 cm³/mol. The molecule has 3 atom stereocenters. The Morgan fingerprint density at radius 3 is 2.84 bits per heavy atom. The van der Waals surface area contributed by atoms with Crippen LogP contribution in [0.25, 0.3) is 0 Å². The van der Waals surface area contributed by atoms with E-state index < -0.39 is 0 Å². The minimum absolute atomic E-state index is 0.116. The minimum atomic E-state index is -0.273. The van der Waals surface area contributed by atoms with Gasteiger partial charge < -0.3 is 10.6 Å². The molecule has 19 heavy (non-hydrogen) atoms. The molecule has 102 valence electrons. The first-order valence-electron chi connectivity index (χ1n) is 7.25. The van der Waals surface area contributed by atoms with E-state index in [9.17, 15) is 4.79 Å². The number of hydrogen-bond donors (Lipinski definition) is 1. The van der Waals surface area contributed by atoms with Gasteiger partial charge in [-0.3, -0.25) is 4.98 Å². The summed E-state index contributed by atoms with van der Waals surface area (Å²) in [5.74, 6) is 0.647. The average Bonchev–Trinajstić information content (AvgIpc) is 2.46. The van der Waals surface area contributed by atoms with E-state index in [1.807, 2.05) is 17.2 Å². The molecule has 2 fully saturated rings. The highest BCUT2D eigenvalue weighted by molar-refractivity contribution is 5.73. The van der Waals surface area contributed by atoms with E-state index >= 15 is 0 Å². The van der Waals surface area contributed by atoms with Crippen LogP contribution >= 0.6 is 0 Å². The lowest BCUT2D eigenvalue weighted by Gasteiger charge is -2.48. The van der Waals surface area contributed by atoms with Gasteiger partial charge in [0.15, 0.2) is 0 Å². The van der Waals surface area contributed by atoms with Crippen LogP contribution in [-0.4, -0.2) is 22.0 Å². The number of carbonyl (C=O) groups excluding carboxylic acids is 1. The van der Waals surface area contributed by atoms with Gasteiger partial charge in [0.1, 0.15) is 0 Å². The fourth-order valence-corrected chi connectivity index (χ4v) is 3.85. The van der Waals surface area contributed by atoms with Crippen molar-refractivity contribution in [2.24, 2.45) is 11.7 Å². The molecule has 1 aliphatic carbocycles. The molecule has 1 aromatic rings. The van der Waals surface area contributed by atoms with E-state index in [0.29, 0.717) is 12.0 Å². The first-order valence-corrected chi connectivity index (χ1v) is 7.25. The largest absolute Gasteiger partial charge is 0.351 e. The number of nitrogens with zero attached hydrogens (tertiary/aromatic N) is 2. The number of urea groups is 1. The molecule has 1 aliphatic heterocycles. The quantitative estimate of drug-likeness (QED) is 0.843. The smallest absolute Gasteiger partial charge is 0.315 e. The minimum Gasteiger partial charge on any atom is -0.351 e. The monoisotopic (exact) mass is 259 g/mol. The summed E-state index contributed by atoms with van der Waals surface area (Å²) in [6.45, 7) is 0. The van der Waals surface area contributed by atoms with E-state index in [0.717, 1.165) is 18.4 Å². The Bertz CT molecular complexity index is 448. The second-order valence-corrected chi connectivity index (χ2v) is 5.74. The third kappa shape index (κ3) is 2.31. The van der Waals surface area contributed by atoms with Crippen LogP contribution in [0.2, 0.25) is 0 Å². The summed E-state index contributed by atoms with van der Waals surface area (Å²) in [5, 5.41) is 0. The SMILES string of the molecule is NC(=O)N1C(c2cccnc2)CCC2CCCCC21. The molecular weight excluding hydrogens is 238 g/mol. The van der Waals surface area contributed by atoms with Gasteiger partial charge in [-0.2, -0.15) is 0 Å². The molecule has 2 aliphatic rings. The second kappa shape index (κ2) is 5.19. The number of amides is 2. The molecule has 3 unspecified atom stereocenters. The molecule has 0 spiro atoms. The number of fused-ring (bicyclic) bond motifs is 1. The number of rotatable bonds is 1. The van der Waals surface area contributed by atoms with E-state index in [4.69, 9.17) is 5.73 Å². The predicted octanol–water partition coefficient (Wildman–Crippen LogP) is 2.86. The normalized spacial score (nSPS) is 30.7. The number of aromatic nitrogens is 1. The van der Waals surface area contributed by atoms with Crippen molar-refractivity contribution < 1.29 is 4.79 Å². The highest BCUT2D eigenvalue weighted by Crippen LogP contribution is 2.42. The standard InChI is InChI=1S/C15H21N3O/c16-15(19)18-13-6-2-1-4-11(13)7-8-14(18)12-5-3-9-17-10-12/h3,5,9-11,13-14H,1-2,4,6-8H2,(H2,16,19). The average molecular weight is 259 g/mol. The zero-order valence-electron chi connectivity index (χ0n) is 11.2. The summed E-state index contributed by atoms with van der Waals surface area (Å²) in [6, 6.07) is 4.17. The fraction of sp³-hybridized carbons (Fsp3) is 0.600. The van der Waals surface area contributed by atoms with Crippen LogP contribution in [0.3, 0.4) is 0 Å². The lowest BCUT2D eigenvalue weighted by molar-refractivity contribution is 0.0477. The summed E-state index contributed by atoms with van der Waals surface area (Å²) >= 11 is 0. The fourth-order valence-electron chi connectivity index (χ4n) is 3.85. The Labute approximate surface area is 114 Å². The number of likely N-dealkylation sites (tertiary alicyclic amines) is 1. The Morgan fingerprint density at radius 1 is 1.26 bits per heavy atom. The number of primary amides is 1. The van der Waals surface area contributed by atoms with Crippen LogP contribution in [0.5, 0.6) is 0 Å². The van der Waals surface area contributed by atoms with Crippen LogP contribution in [0.1, 0.15) is 50.1 Å². The summed E-state index contributed by atoms with van der Waals surface area (Å²) in [6.07, 6.45) is 10.7. The van der Waals surface area contributed by atoms with Gasteiger partial charge in [0.25, 0.3) is 0 Å². The van der Waals surface area contributed by atoms with Crippen molar-refractivity contribution in [2.45, 2.75) is 50.6 Å². The third-order valence-corrected chi connectivity index (χ3v) is 4.70. The molecule has 1 aromatic heterocycles. The van der Waals surface area contributed by atoms with Crippen molar-refractivity contribution >= 4 is 6.03 Å². The zero-order valence-corrected chi connectivity index (χ0v) is 11.2. The summed E-state index contributed by atoms with van der Waals surface area (Å²) < 4.78 is 0. The Hall–Kier alpha value is -1.58. The Morgan fingerprint density at radius 2 is 2.11 bits per heavy atom. The molecule has 0 aromatic carbocycles. The third-order valence-electron chi connectivity index (χ3n) is 4.70. The number of nitrogens with two attached hydrogens (primary N) is 1. The van der Waals surface area contributed by atoms with E-state index in [2.05, 4.69) is 11.1 Å². The molecule has 4 nitrogen and oxygen atoms in total. The van der Waals surface area contributed by atoms with Crippen molar-refractivity contribution in [1.29, 1.82) is 0 Å². The molecule has 2 amide bonds. The summed E-state index contributed by atoms with van der Waals surface area (Å²) in [5.41, 5.74) is 6.78. The maximum Gasteiger partial charge on any atom is 0.315 e. The molecular formula is C15H21N3O. The molecule has 0 radical (unpaired) electrons. The van der Waals surface area contributed by atoms with Crippen molar-refractivity contribution in [3.8, 4) is 0 Å². The lowest BCUT2D eigenvalue weighted by Crippen LogP contribution is -2.53. The van der Waals surface area contributed by atoms with Crippen molar-refractivity contribution in [1.82, 2.24) is 9.88 Å². The van der Waals surface area contributed by atoms with Gasteiger partial charge in [-0.15, -0.1) is 0 Å². The van der Waals surface area contributed by atoms with Gasteiger partial charge in [0.05, 0.1) is 6.04 Å². The Balaban J connectivity index is 1.90. The second-order valence-electron chi connectivity index (χ2n) is 5.74. The van der Waals surface area contributed by atoms with Gasteiger partial charge in [-0.05, 0) is 43.2 Å². The Kier molecular flexibility index (Phi) is 3.40. The number of piperidine rings is 1. The first kappa shape index (κ1) is 12.5. The number of carbonyl (C=O) groups is 1. The molecule has 1 saturated carbocycles. The summed E-state index contributed by atoms with van der Waals surface area (Å²) in [4.78, 5) is 18.0. The molecule has 4 heteroatoms. The van der Waals surface area contributed by atoms with Crippen LogP contribution in [-0.2, 0) is 0 Å². The topological polar surface area (TPSA) is 59.2 Å². The highest BCUT2D eigenvalue weighted by Gasteiger charge is 2.40. The number of hydrogen-bond acceptors (Lipinski definition) is 2. The van der Waals surface area contributed by atoms with Crippen LogP contribution < -0.4 is 5.73 Å². The van der Waals surface area contributed by atoms with Gasteiger partial charge in [-0.25, -0.2) is 4.79 Å². The van der Waals surface area contributed by atoms with E-state index in [-0.39, 0.29) is 12.1 Å². The zero-order chi connectivity index (χ0) is 13.2. The van der Waals surface area contributed by atoms with Crippen LogP contribution in [0.15, 0.2) is 24.5 Å². The van der Waals surface area contributed by atoms with Crippen molar-refractivity contribution in [3.63, 3.8) is 0 Å². The van der Waals surface area contributed by atoms with Crippen molar-refractivity contribution in [2.75, 3.05) is 0 Å². The van der Waals surface area contributed by atoms with E-state index in [1.165, 1.54) is 25.7 Å². The van der Waals surface area contributed by atoms with Gasteiger partial charge in [0, 0.05) is 18.4 Å².